The molecule has 1 atom stereocenters. The fourth-order valence-corrected chi connectivity index (χ4v) is 5.19. The summed E-state index contributed by atoms with van der Waals surface area (Å²) in [5.41, 5.74) is 2.85. The minimum absolute atomic E-state index is 0.120. The van der Waals surface area contributed by atoms with Gasteiger partial charge in [0, 0.05) is 31.7 Å². The number of aliphatic hydroxyl groups excluding tert-OH is 1. The molecule has 1 fully saturated rings. The van der Waals surface area contributed by atoms with Crippen molar-refractivity contribution in [2.24, 2.45) is 0 Å². The van der Waals surface area contributed by atoms with Crippen LogP contribution in [0.3, 0.4) is 0 Å². The molecule has 1 unspecified atom stereocenters. The number of benzene rings is 2. The standard InChI is InChI=1S/C26H31N3O4/c30-21(17-29-13-10-18-6-2-3-7-20(18)16-29)15-27-24(31)19-8-9-23-22(14-19)28-25(32)26(33-23)11-4-1-5-12-26/h2-3,6-9,14,21,30H,1,4-5,10-13,15-17H2,(H,27,31)(H,28,32). The molecule has 2 amide bonds. The summed E-state index contributed by atoms with van der Waals surface area (Å²) in [5.74, 6) is 0.206. The number of carbonyl (C=O) groups is 2. The Balaban J connectivity index is 1.16. The van der Waals surface area contributed by atoms with Gasteiger partial charge in [-0.3, -0.25) is 14.5 Å². The number of rotatable bonds is 5. The van der Waals surface area contributed by atoms with Gasteiger partial charge in [-0.1, -0.05) is 30.7 Å². The maximum Gasteiger partial charge on any atom is 0.268 e. The Morgan fingerprint density at radius 1 is 1.15 bits per heavy atom. The van der Waals surface area contributed by atoms with Gasteiger partial charge in [0.25, 0.3) is 11.8 Å². The van der Waals surface area contributed by atoms with Crippen molar-refractivity contribution in [3.05, 3.63) is 59.2 Å². The summed E-state index contributed by atoms with van der Waals surface area (Å²) in [7, 11) is 0. The summed E-state index contributed by atoms with van der Waals surface area (Å²) in [6.07, 6.45) is 4.85. The summed E-state index contributed by atoms with van der Waals surface area (Å²) in [4.78, 5) is 27.6. The van der Waals surface area contributed by atoms with Crippen LogP contribution in [0.25, 0.3) is 0 Å². The van der Waals surface area contributed by atoms with Crippen molar-refractivity contribution in [2.75, 3.05) is 25.0 Å². The Kier molecular flexibility index (Phi) is 6.08. The number of ether oxygens (including phenoxy) is 1. The first-order valence-electron chi connectivity index (χ1n) is 11.9. The number of fused-ring (bicyclic) bond motifs is 2. The van der Waals surface area contributed by atoms with E-state index in [0.29, 0.717) is 23.5 Å². The monoisotopic (exact) mass is 449 g/mol. The maximum absolute atomic E-state index is 12.7. The van der Waals surface area contributed by atoms with Crippen LogP contribution in [0.1, 0.15) is 53.6 Å². The zero-order valence-corrected chi connectivity index (χ0v) is 18.8. The summed E-state index contributed by atoms with van der Waals surface area (Å²) in [5, 5.41) is 16.2. The quantitative estimate of drug-likeness (QED) is 0.653. The third-order valence-corrected chi connectivity index (χ3v) is 7.05. The van der Waals surface area contributed by atoms with Crippen LogP contribution >= 0.6 is 0 Å². The largest absolute Gasteiger partial charge is 0.475 e. The maximum atomic E-state index is 12.7. The highest BCUT2D eigenvalue weighted by atomic mass is 16.5. The zero-order chi connectivity index (χ0) is 22.8. The number of carbonyl (C=O) groups excluding carboxylic acids is 2. The smallest absolute Gasteiger partial charge is 0.268 e. The molecule has 2 aliphatic heterocycles. The summed E-state index contributed by atoms with van der Waals surface area (Å²) < 4.78 is 6.13. The van der Waals surface area contributed by atoms with E-state index in [1.807, 2.05) is 6.07 Å². The lowest BCUT2D eigenvalue weighted by Crippen LogP contribution is -2.52. The molecule has 3 N–H and O–H groups in total. The van der Waals surface area contributed by atoms with E-state index in [2.05, 4.69) is 33.7 Å². The highest BCUT2D eigenvalue weighted by Gasteiger charge is 2.45. The molecule has 2 aromatic carbocycles. The fourth-order valence-electron chi connectivity index (χ4n) is 5.19. The number of nitrogens with one attached hydrogen (secondary N) is 2. The molecule has 1 saturated carbocycles. The lowest BCUT2D eigenvalue weighted by atomic mass is 9.83. The average molecular weight is 450 g/mol. The highest BCUT2D eigenvalue weighted by molar-refractivity contribution is 6.03. The number of β-amino-alcohol motifs (C(OH)–C–C–N with tert-alkyl or cyclic N) is 1. The SMILES string of the molecule is O=C(NCC(O)CN1CCc2ccccc2C1)c1ccc2c(c1)NC(=O)C1(CCCCC1)O2. The van der Waals surface area contributed by atoms with E-state index in [-0.39, 0.29) is 18.4 Å². The summed E-state index contributed by atoms with van der Waals surface area (Å²) >= 11 is 0. The Labute approximate surface area is 194 Å². The zero-order valence-electron chi connectivity index (χ0n) is 18.8. The van der Waals surface area contributed by atoms with Gasteiger partial charge in [0.15, 0.2) is 5.60 Å². The van der Waals surface area contributed by atoms with Crippen molar-refractivity contribution in [3.8, 4) is 5.75 Å². The van der Waals surface area contributed by atoms with Gasteiger partial charge in [-0.05, 0) is 61.4 Å². The number of hydrogen-bond acceptors (Lipinski definition) is 5. The Morgan fingerprint density at radius 3 is 2.76 bits per heavy atom. The molecular weight excluding hydrogens is 418 g/mol. The van der Waals surface area contributed by atoms with Crippen molar-refractivity contribution in [1.82, 2.24) is 10.2 Å². The van der Waals surface area contributed by atoms with Crippen LogP contribution in [0.4, 0.5) is 5.69 Å². The average Bonchev–Trinajstić information content (AvgIpc) is 2.83. The first-order chi connectivity index (χ1) is 16.0. The topological polar surface area (TPSA) is 90.9 Å². The van der Waals surface area contributed by atoms with Crippen LogP contribution in [0.2, 0.25) is 0 Å². The van der Waals surface area contributed by atoms with Crippen LogP contribution in [0, 0.1) is 0 Å². The third kappa shape index (κ3) is 4.61. The van der Waals surface area contributed by atoms with Crippen molar-refractivity contribution in [2.45, 2.75) is 56.8 Å². The summed E-state index contributed by atoms with van der Waals surface area (Å²) in [6, 6.07) is 13.5. The van der Waals surface area contributed by atoms with E-state index in [1.54, 1.807) is 18.2 Å². The number of nitrogens with zero attached hydrogens (tertiary/aromatic N) is 1. The van der Waals surface area contributed by atoms with E-state index in [4.69, 9.17) is 4.74 Å². The second-order valence-corrected chi connectivity index (χ2v) is 9.44. The molecule has 7 heteroatoms. The van der Waals surface area contributed by atoms with E-state index < -0.39 is 11.7 Å². The van der Waals surface area contributed by atoms with Crippen molar-refractivity contribution < 1.29 is 19.4 Å². The van der Waals surface area contributed by atoms with Gasteiger partial charge in [0.05, 0.1) is 11.8 Å². The van der Waals surface area contributed by atoms with Crippen molar-refractivity contribution in [1.29, 1.82) is 0 Å². The Bertz CT molecular complexity index is 1050. The number of amides is 2. The second kappa shape index (κ2) is 9.15. The minimum Gasteiger partial charge on any atom is -0.475 e. The second-order valence-electron chi connectivity index (χ2n) is 9.44. The van der Waals surface area contributed by atoms with Gasteiger partial charge in [-0.2, -0.15) is 0 Å². The fraction of sp³-hybridized carbons (Fsp3) is 0.462. The lowest BCUT2D eigenvalue weighted by Gasteiger charge is -2.39. The van der Waals surface area contributed by atoms with Gasteiger partial charge in [0.1, 0.15) is 5.75 Å². The molecule has 2 aromatic rings. The molecule has 0 saturated heterocycles. The predicted octanol–water partition coefficient (Wildman–Crippen LogP) is 2.87. The van der Waals surface area contributed by atoms with Crippen LogP contribution in [0.15, 0.2) is 42.5 Å². The normalized spacial score (nSPS) is 20.2. The van der Waals surface area contributed by atoms with Crippen LogP contribution in [-0.4, -0.2) is 53.2 Å². The van der Waals surface area contributed by atoms with E-state index >= 15 is 0 Å². The molecule has 1 spiro atoms. The number of hydrogen-bond donors (Lipinski definition) is 3. The van der Waals surface area contributed by atoms with Crippen molar-refractivity contribution >= 4 is 17.5 Å². The molecule has 0 aromatic heterocycles. The van der Waals surface area contributed by atoms with Crippen LogP contribution in [-0.2, 0) is 17.8 Å². The lowest BCUT2D eigenvalue weighted by molar-refractivity contribution is -0.135. The van der Waals surface area contributed by atoms with Gasteiger partial charge >= 0.3 is 0 Å². The Hall–Kier alpha value is -2.90. The molecular formula is C26H31N3O4. The molecule has 2 heterocycles. The van der Waals surface area contributed by atoms with Gasteiger partial charge in [-0.25, -0.2) is 0 Å². The number of aliphatic hydroxyl groups is 1. The van der Waals surface area contributed by atoms with Gasteiger partial charge in [0.2, 0.25) is 0 Å². The molecule has 7 nitrogen and oxygen atoms in total. The summed E-state index contributed by atoms with van der Waals surface area (Å²) in [6.45, 7) is 2.38. The van der Waals surface area contributed by atoms with Crippen LogP contribution < -0.4 is 15.4 Å². The van der Waals surface area contributed by atoms with E-state index in [1.165, 1.54) is 11.1 Å². The molecule has 33 heavy (non-hydrogen) atoms. The van der Waals surface area contributed by atoms with Gasteiger partial charge in [-0.15, -0.1) is 0 Å². The van der Waals surface area contributed by atoms with Crippen molar-refractivity contribution in [3.63, 3.8) is 0 Å². The Morgan fingerprint density at radius 2 is 1.94 bits per heavy atom. The molecule has 174 valence electrons. The van der Waals surface area contributed by atoms with E-state index in [0.717, 1.165) is 51.6 Å². The predicted molar refractivity (Wildman–Crippen MR) is 125 cm³/mol. The molecule has 0 radical (unpaired) electrons. The minimum atomic E-state index is -0.770. The third-order valence-electron chi connectivity index (χ3n) is 7.05. The first kappa shape index (κ1) is 21.9. The van der Waals surface area contributed by atoms with E-state index in [9.17, 15) is 14.7 Å². The molecule has 5 rings (SSSR count). The molecule has 1 aliphatic carbocycles. The van der Waals surface area contributed by atoms with Crippen LogP contribution in [0.5, 0.6) is 5.75 Å². The van der Waals surface area contributed by atoms with Gasteiger partial charge < -0.3 is 20.5 Å². The first-order valence-corrected chi connectivity index (χ1v) is 11.9. The molecule has 0 bridgehead atoms. The number of anilines is 1. The molecule has 3 aliphatic rings. The highest BCUT2D eigenvalue weighted by Crippen LogP contribution is 2.41.